The second kappa shape index (κ2) is 18.2. The summed E-state index contributed by atoms with van der Waals surface area (Å²) in [4.78, 5) is 0. The number of aliphatic hydroxyl groups excluding tert-OH is 11. The fourth-order valence-electron chi connectivity index (χ4n) is 14.7. The Morgan fingerprint density at radius 1 is 0.578 bits per heavy atom. The lowest BCUT2D eigenvalue weighted by molar-refractivity contribution is -0.391. The van der Waals surface area contributed by atoms with Crippen LogP contribution in [0.15, 0.2) is 0 Å². The highest BCUT2D eigenvalue weighted by molar-refractivity contribution is 5.16. The molecule has 9 aliphatic rings. The van der Waals surface area contributed by atoms with Gasteiger partial charge in [-0.2, -0.15) is 0 Å². The maximum atomic E-state index is 11.8. The quantitative estimate of drug-likeness (QED) is 0.114. The third-order valence-electron chi connectivity index (χ3n) is 18.3. The van der Waals surface area contributed by atoms with Crippen LogP contribution in [0.1, 0.15) is 85.5 Å². The molecule has 19 heteroatoms. The molecule has 5 heterocycles. The van der Waals surface area contributed by atoms with Gasteiger partial charge in [-0.3, -0.25) is 0 Å². The molecule has 64 heavy (non-hydrogen) atoms. The molecule has 0 aromatic carbocycles. The molecular weight excluding hydrogens is 844 g/mol. The summed E-state index contributed by atoms with van der Waals surface area (Å²) in [6.45, 7) is 7.85. The summed E-state index contributed by atoms with van der Waals surface area (Å²) in [5.41, 5.74) is 0.0147. The van der Waals surface area contributed by atoms with E-state index < -0.39 is 130 Å². The lowest BCUT2D eigenvalue weighted by Gasteiger charge is -2.62. The van der Waals surface area contributed by atoms with Gasteiger partial charge in [0, 0.05) is 12.3 Å². The summed E-state index contributed by atoms with van der Waals surface area (Å²) in [6, 6.07) is 0. The predicted octanol–water partition coefficient (Wildman–Crippen LogP) is -1.76. The van der Waals surface area contributed by atoms with Crippen LogP contribution in [-0.2, 0) is 37.9 Å². The van der Waals surface area contributed by atoms with Crippen LogP contribution in [-0.4, -0.2) is 199 Å². The van der Waals surface area contributed by atoms with Gasteiger partial charge in [-0.05, 0) is 97.7 Å². The molecule has 9 unspecified atom stereocenters. The number of fused-ring (bicyclic) bond motifs is 7. The zero-order valence-corrected chi connectivity index (χ0v) is 37.3. The Kier molecular flexibility index (Phi) is 13.7. The van der Waals surface area contributed by atoms with E-state index in [1.807, 2.05) is 0 Å². The van der Waals surface area contributed by atoms with E-state index in [0.29, 0.717) is 48.3 Å². The van der Waals surface area contributed by atoms with Gasteiger partial charge < -0.3 is 94.1 Å². The van der Waals surface area contributed by atoms with Gasteiger partial charge in [-0.25, -0.2) is 0 Å². The van der Waals surface area contributed by atoms with Crippen molar-refractivity contribution < 1.29 is 94.1 Å². The summed E-state index contributed by atoms with van der Waals surface area (Å²) in [7, 11) is 0. The Morgan fingerprint density at radius 2 is 1.19 bits per heavy atom. The molecule has 4 aliphatic carbocycles. The van der Waals surface area contributed by atoms with Gasteiger partial charge >= 0.3 is 0 Å². The molecule has 0 radical (unpaired) electrons. The van der Waals surface area contributed by atoms with Gasteiger partial charge in [-0.1, -0.05) is 27.7 Å². The average Bonchev–Trinajstić information content (AvgIpc) is 3.72. The largest absolute Gasteiger partial charge is 0.394 e. The van der Waals surface area contributed by atoms with Crippen molar-refractivity contribution in [2.24, 2.45) is 52.3 Å². The van der Waals surface area contributed by atoms with Crippen LogP contribution < -0.4 is 0 Å². The molecule has 9 fully saturated rings. The molecule has 1 spiro atoms. The van der Waals surface area contributed by atoms with Gasteiger partial charge in [0.25, 0.3) is 0 Å². The number of rotatable bonds is 9. The number of hydrogen-bond acceptors (Lipinski definition) is 19. The van der Waals surface area contributed by atoms with Crippen molar-refractivity contribution in [3.8, 4) is 0 Å². The van der Waals surface area contributed by atoms with E-state index in [4.69, 9.17) is 37.9 Å². The Balaban J connectivity index is 0.848. The smallest absolute Gasteiger partial charge is 0.187 e. The predicted molar refractivity (Wildman–Crippen MR) is 217 cm³/mol. The maximum absolute atomic E-state index is 11.8. The first-order chi connectivity index (χ1) is 30.4. The Morgan fingerprint density at radius 3 is 1.86 bits per heavy atom. The Hall–Kier alpha value is -0.760. The first-order valence-electron chi connectivity index (χ1n) is 23.9. The zero-order chi connectivity index (χ0) is 45.8. The zero-order valence-electron chi connectivity index (χ0n) is 37.3. The van der Waals surface area contributed by atoms with Crippen molar-refractivity contribution in [1.82, 2.24) is 0 Å². The van der Waals surface area contributed by atoms with Gasteiger partial charge in [0.05, 0.1) is 44.7 Å². The summed E-state index contributed by atoms with van der Waals surface area (Å²) >= 11 is 0. The molecule has 4 saturated carbocycles. The second-order valence-electron chi connectivity index (χ2n) is 21.7. The molecule has 368 valence electrons. The minimum absolute atomic E-state index is 0.144. The van der Waals surface area contributed by atoms with Crippen molar-refractivity contribution in [3.05, 3.63) is 0 Å². The highest BCUT2D eigenvalue weighted by Crippen LogP contribution is 2.71. The van der Waals surface area contributed by atoms with Crippen molar-refractivity contribution in [3.63, 3.8) is 0 Å². The monoisotopic (exact) mass is 918 g/mol. The molecule has 0 amide bonds. The van der Waals surface area contributed by atoms with Crippen molar-refractivity contribution in [2.45, 2.75) is 202 Å². The van der Waals surface area contributed by atoms with Crippen LogP contribution in [0, 0.1) is 52.3 Å². The average molecular weight is 919 g/mol. The molecule has 5 saturated heterocycles. The lowest BCUT2D eigenvalue weighted by atomic mass is 9.44. The van der Waals surface area contributed by atoms with Gasteiger partial charge in [0.15, 0.2) is 24.7 Å². The van der Waals surface area contributed by atoms with E-state index >= 15 is 0 Å². The van der Waals surface area contributed by atoms with E-state index in [2.05, 4.69) is 27.7 Å². The number of ether oxygens (including phenoxy) is 8. The van der Waals surface area contributed by atoms with E-state index in [1.165, 1.54) is 0 Å². The molecule has 9 rings (SSSR count). The van der Waals surface area contributed by atoms with Crippen LogP contribution in [0.5, 0.6) is 0 Å². The summed E-state index contributed by atoms with van der Waals surface area (Å²) in [5, 5.41) is 118. The lowest BCUT2D eigenvalue weighted by Crippen LogP contribution is -2.67. The Labute approximate surface area is 373 Å². The van der Waals surface area contributed by atoms with Gasteiger partial charge in [-0.15, -0.1) is 0 Å². The van der Waals surface area contributed by atoms with E-state index in [0.717, 1.165) is 51.6 Å². The molecule has 19 nitrogen and oxygen atoms in total. The third kappa shape index (κ3) is 7.85. The van der Waals surface area contributed by atoms with Gasteiger partial charge in [0.2, 0.25) is 0 Å². The first-order valence-corrected chi connectivity index (χ1v) is 23.9. The Bertz CT molecular complexity index is 1600. The highest BCUT2D eigenvalue weighted by atomic mass is 16.8. The molecule has 0 aromatic rings. The van der Waals surface area contributed by atoms with Crippen LogP contribution in [0.4, 0.5) is 0 Å². The van der Waals surface area contributed by atoms with E-state index in [9.17, 15) is 56.2 Å². The summed E-state index contributed by atoms with van der Waals surface area (Å²) < 4.78 is 48.7. The molecular formula is C45H74O19. The van der Waals surface area contributed by atoms with Crippen LogP contribution in [0.2, 0.25) is 0 Å². The standard InChI is InChI=1S/C45H74O19/c1-18-7-10-45(57-17-18)19(2)30-26(64-45)12-23-21-6-5-20-11-25(24(49)13-44(20,4)22(21)8-9-43(23,30)3)58-40-37(56)35(54)38(29(16-48)61-40)62-42-39(34(53)32(51)28(15-47)60-42)63-41-36(55)33(52)31(50)27(14-46)59-41/h18-42,46-56H,5-17H2,1-4H3/t18?,19?,20?,21?,22?,23?,24?,25-,26?,27-,28-,29-,30?,31-,32-,33+,34+,35-,36-,37-,38+,39-,40-,41+,42+,43+,44+,45-/m1/s1. The molecule has 5 aliphatic heterocycles. The fraction of sp³-hybridized carbons (Fsp3) is 1.00. The van der Waals surface area contributed by atoms with Crippen LogP contribution in [0.25, 0.3) is 0 Å². The molecule has 28 atom stereocenters. The number of hydrogen-bond donors (Lipinski definition) is 11. The van der Waals surface area contributed by atoms with Crippen molar-refractivity contribution >= 4 is 0 Å². The summed E-state index contributed by atoms with van der Waals surface area (Å²) in [6.07, 6.45) is -18.5. The maximum Gasteiger partial charge on any atom is 0.187 e. The SMILES string of the molecule is CC1CC[C@@]2(OC1)OC1CC3C4CCC5C[C@@H](O[C@@H]6O[C@H](CO)[C@H](O[C@@H]7O[C@H](CO)[C@@H](O)[C@H](O)[C@H]7O[C@@H]7O[C@H](CO)[C@@H](O)[C@H](O)[C@H]7O)[C@H](O)[C@H]6O)C(O)C[C@]5(C)C4CC[C@]3(C)C1C2C. The molecule has 0 aromatic heterocycles. The van der Waals surface area contributed by atoms with Crippen LogP contribution >= 0.6 is 0 Å². The van der Waals surface area contributed by atoms with Crippen molar-refractivity contribution in [2.75, 3.05) is 26.4 Å². The molecule has 0 bridgehead atoms. The minimum atomic E-state index is -1.91. The summed E-state index contributed by atoms with van der Waals surface area (Å²) in [5.74, 6) is 2.57. The third-order valence-corrected chi connectivity index (χ3v) is 18.3. The van der Waals surface area contributed by atoms with Crippen molar-refractivity contribution in [1.29, 1.82) is 0 Å². The normalized spacial score (nSPS) is 58.6. The van der Waals surface area contributed by atoms with Crippen LogP contribution in [0.3, 0.4) is 0 Å². The highest BCUT2D eigenvalue weighted by Gasteiger charge is 2.69. The topological polar surface area (TPSA) is 296 Å². The minimum Gasteiger partial charge on any atom is -0.394 e. The first kappa shape index (κ1) is 48.3. The fourth-order valence-corrected chi connectivity index (χ4v) is 14.7. The van der Waals surface area contributed by atoms with E-state index in [1.54, 1.807) is 0 Å². The number of aliphatic hydroxyl groups is 11. The second-order valence-corrected chi connectivity index (χ2v) is 21.7. The van der Waals surface area contributed by atoms with Gasteiger partial charge in [0.1, 0.15) is 73.2 Å². The van der Waals surface area contributed by atoms with E-state index in [-0.39, 0.29) is 22.9 Å². The molecule has 11 N–H and O–H groups in total.